The average molecular weight is 227 g/mol. The van der Waals surface area contributed by atoms with Crippen LogP contribution in [0.2, 0.25) is 0 Å². The third-order valence-electron chi connectivity index (χ3n) is 4.45. The lowest BCUT2D eigenvalue weighted by Gasteiger charge is -2.30. The molecule has 1 aliphatic carbocycles. The predicted octanol–water partition coefficient (Wildman–Crippen LogP) is 3.19. The first-order chi connectivity index (χ1) is 8.28. The molecule has 0 saturated heterocycles. The summed E-state index contributed by atoms with van der Waals surface area (Å²) in [5.74, 6) is 1.23. The Kier molecular flexibility index (Phi) is 1.70. The SMILES string of the molecule is CC1(C2CCNc3c4ccccc4nn32)CC1. The molecule has 3 heteroatoms. The van der Waals surface area contributed by atoms with Crippen molar-refractivity contribution in [2.75, 3.05) is 11.9 Å². The molecule has 0 amide bonds. The highest BCUT2D eigenvalue weighted by molar-refractivity contribution is 5.90. The van der Waals surface area contributed by atoms with Crippen molar-refractivity contribution in [1.82, 2.24) is 9.78 Å². The Hall–Kier alpha value is -1.51. The molecule has 0 radical (unpaired) electrons. The molecule has 2 heterocycles. The third-order valence-corrected chi connectivity index (χ3v) is 4.45. The van der Waals surface area contributed by atoms with Crippen molar-refractivity contribution in [3.63, 3.8) is 0 Å². The van der Waals surface area contributed by atoms with Crippen molar-refractivity contribution < 1.29 is 0 Å². The van der Waals surface area contributed by atoms with E-state index < -0.39 is 0 Å². The van der Waals surface area contributed by atoms with Gasteiger partial charge in [-0.2, -0.15) is 5.10 Å². The van der Waals surface area contributed by atoms with E-state index in [1.807, 2.05) is 0 Å². The van der Waals surface area contributed by atoms with Crippen molar-refractivity contribution in [1.29, 1.82) is 0 Å². The normalized spacial score (nSPS) is 25.4. The Balaban J connectivity index is 1.93. The molecular weight excluding hydrogens is 210 g/mol. The van der Waals surface area contributed by atoms with E-state index >= 15 is 0 Å². The van der Waals surface area contributed by atoms with Crippen molar-refractivity contribution in [2.24, 2.45) is 5.41 Å². The molecule has 1 N–H and O–H groups in total. The molecule has 88 valence electrons. The monoisotopic (exact) mass is 227 g/mol. The Bertz CT molecular complexity index is 580. The minimum atomic E-state index is 0.499. The zero-order valence-corrected chi connectivity index (χ0v) is 10.1. The first-order valence-electron chi connectivity index (χ1n) is 6.49. The summed E-state index contributed by atoms with van der Waals surface area (Å²) < 4.78 is 2.25. The molecule has 1 unspecified atom stereocenters. The fourth-order valence-corrected chi connectivity index (χ4v) is 3.08. The summed E-state index contributed by atoms with van der Waals surface area (Å²) in [6.07, 6.45) is 3.91. The number of aromatic nitrogens is 2. The highest BCUT2D eigenvalue weighted by Crippen LogP contribution is 2.56. The summed E-state index contributed by atoms with van der Waals surface area (Å²) in [5.41, 5.74) is 1.62. The van der Waals surface area contributed by atoms with Crippen molar-refractivity contribution in [3.05, 3.63) is 24.3 Å². The number of nitrogens with zero attached hydrogens (tertiary/aromatic N) is 2. The molecule has 17 heavy (non-hydrogen) atoms. The highest BCUT2D eigenvalue weighted by Gasteiger charge is 2.47. The zero-order valence-electron chi connectivity index (χ0n) is 10.1. The Morgan fingerprint density at radius 3 is 3.00 bits per heavy atom. The van der Waals surface area contributed by atoms with E-state index in [4.69, 9.17) is 5.10 Å². The standard InChI is InChI=1S/C14H17N3/c1-14(7-8-14)12-6-9-15-13-10-4-2-3-5-11(10)16-17(12)13/h2-5,12,15H,6-9H2,1H3. The fraction of sp³-hybridized carbons (Fsp3) is 0.500. The van der Waals surface area contributed by atoms with Crippen LogP contribution < -0.4 is 5.32 Å². The number of benzene rings is 1. The summed E-state index contributed by atoms with van der Waals surface area (Å²) in [6.45, 7) is 3.48. The summed E-state index contributed by atoms with van der Waals surface area (Å²) in [7, 11) is 0. The van der Waals surface area contributed by atoms with E-state index in [1.54, 1.807) is 0 Å². The largest absolute Gasteiger partial charge is 0.370 e. The summed E-state index contributed by atoms with van der Waals surface area (Å²) in [6, 6.07) is 9.02. The smallest absolute Gasteiger partial charge is 0.132 e. The molecule has 4 rings (SSSR count). The van der Waals surface area contributed by atoms with Crippen LogP contribution in [-0.4, -0.2) is 16.3 Å². The summed E-state index contributed by atoms with van der Waals surface area (Å²) in [4.78, 5) is 0. The molecule has 1 atom stereocenters. The Morgan fingerprint density at radius 1 is 1.35 bits per heavy atom. The topological polar surface area (TPSA) is 29.9 Å². The van der Waals surface area contributed by atoms with Gasteiger partial charge in [0.15, 0.2) is 0 Å². The maximum atomic E-state index is 4.80. The maximum absolute atomic E-state index is 4.80. The van der Waals surface area contributed by atoms with Gasteiger partial charge in [-0.25, -0.2) is 4.68 Å². The molecule has 1 aromatic heterocycles. The molecule has 1 aliphatic heterocycles. The lowest BCUT2D eigenvalue weighted by atomic mass is 9.95. The molecule has 1 saturated carbocycles. The van der Waals surface area contributed by atoms with Crippen molar-refractivity contribution in [3.8, 4) is 0 Å². The predicted molar refractivity (Wildman–Crippen MR) is 69.2 cm³/mol. The van der Waals surface area contributed by atoms with Crippen LogP contribution in [0.4, 0.5) is 5.82 Å². The van der Waals surface area contributed by atoms with Crippen LogP contribution in [0.5, 0.6) is 0 Å². The van der Waals surface area contributed by atoms with Gasteiger partial charge in [-0.15, -0.1) is 0 Å². The number of rotatable bonds is 1. The molecule has 0 bridgehead atoms. The third kappa shape index (κ3) is 1.25. The maximum Gasteiger partial charge on any atom is 0.132 e. The molecule has 0 spiro atoms. The van der Waals surface area contributed by atoms with Gasteiger partial charge in [0.1, 0.15) is 5.82 Å². The second-order valence-corrected chi connectivity index (χ2v) is 5.70. The van der Waals surface area contributed by atoms with Gasteiger partial charge in [-0.1, -0.05) is 19.1 Å². The van der Waals surface area contributed by atoms with Gasteiger partial charge >= 0.3 is 0 Å². The fourth-order valence-electron chi connectivity index (χ4n) is 3.08. The average Bonchev–Trinajstić information content (AvgIpc) is 2.99. The van der Waals surface area contributed by atoms with Gasteiger partial charge in [0.2, 0.25) is 0 Å². The van der Waals surface area contributed by atoms with Gasteiger partial charge in [-0.3, -0.25) is 0 Å². The summed E-state index contributed by atoms with van der Waals surface area (Å²) >= 11 is 0. The van der Waals surface area contributed by atoms with Gasteiger partial charge < -0.3 is 5.32 Å². The van der Waals surface area contributed by atoms with Gasteiger partial charge in [-0.05, 0) is 36.8 Å². The van der Waals surface area contributed by atoms with Crippen LogP contribution in [0.3, 0.4) is 0 Å². The van der Waals surface area contributed by atoms with Crippen LogP contribution >= 0.6 is 0 Å². The van der Waals surface area contributed by atoms with Gasteiger partial charge in [0.25, 0.3) is 0 Å². The Morgan fingerprint density at radius 2 is 2.18 bits per heavy atom. The number of fused-ring (bicyclic) bond motifs is 3. The second-order valence-electron chi connectivity index (χ2n) is 5.70. The first kappa shape index (κ1) is 9.51. The molecule has 1 fully saturated rings. The van der Waals surface area contributed by atoms with E-state index in [9.17, 15) is 0 Å². The van der Waals surface area contributed by atoms with Crippen LogP contribution in [0.1, 0.15) is 32.2 Å². The number of hydrogen-bond acceptors (Lipinski definition) is 2. The zero-order chi connectivity index (χ0) is 11.5. The number of hydrogen-bond donors (Lipinski definition) is 1. The van der Waals surface area contributed by atoms with Crippen molar-refractivity contribution >= 4 is 16.7 Å². The minimum Gasteiger partial charge on any atom is -0.370 e. The minimum absolute atomic E-state index is 0.499. The molecule has 1 aromatic carbocycles. The van der Waals surface area contributed by atoms with Crippen LogP contribution in [0.25, 0.3) is 10.9 Å². The van der Waals surface area contributed by atoms with Gasteiger partial charge in [0.05, 0.1) is 11.6 Å². The first-order valence-corrected chi connectivity index (χ1v) is 6.49. The summed E-state index contributed by atoms with van der Waals surface area (Å²) in [5, 5.41) is 9.58. The van der Waals surface area contributed by atoms with Crippen molar-refractivity contribution in [2.45, 2.75) is 32.2 Å². The second kappa shape index (κ2) is 3.03. The lowest BCUT2D eigenvalue weighted by molar-refractivity contribution is 0.286. The van der Waals surface area contributed by atoms with E-state index in [0.29, 0.717) is 11.5 Å². The number of nitrogens with one attached hydrogen (secondary N) is 1. The Labute approximate surface area is 101 Å². The molecule has 2 aromatic rings. The quantitative estimate of drug-likeness (QED) is 0.810. The molecule has 3 nitrogen and oxygen atoms in total. The molecular formula is C14H17N3. The van der Waals surface area contributed by atoms with Crippen LogP contribution in [0.15, 0.2) is 24.3 Å². The van der Waals surface area contributed by atoms with E-state index in [1.165, 1.54) is 30.5 Å². The lowest BCUT2D eigenvalue weighted by Crippen LogP contribution is -2.28. The van der Waals surface area contributed by atoms with Gasteiger partial charge in [0, 0.05) is 11.9 Å². The van der Waals surface area contributed by atoms with Crippen LogP contribution in [0, 0.1) is 5.41 Å². The van der Waals surface area contributed by atoms with E-state index in [0.717, 1.165) is 12.1 Å². The van der Waals surface area contributed by atoms with E-state index in [2.05, 4.69) is 41.2 Å². The van der Waals surface area contributed by atoms with Crippen LogP contribution in [-0.2, 0) is 0 Å². The highest BCUT2D eigenvalue weighted by atomic mass is 15.4. The number of anilines is 1. The molecule has 2 aliphatic rings. The van der Waals surface area contributed by atoms with E-state index in [-0.39, 0.29) is 0 Å².